The zero-order valence-electron chi connectivity index (χ0n) is 14.0. The number of aromatic nitrogens is 1. The Hall–Kier alpha value is -0.860. The Balaban J connectivity index is 0.00000288. The average molecular weight is 479 g/mol. The topological polar surface area (TPSA) is 49.3 Å². The molecule has 24 heavy (non-hydrogen) atoms. The Morgan fingerprint density at radius 2 is 1.96 bits per heavy atom. The Labute approximate surface area is 170 Å². The lowest BCUT2D eigenvalue weighted by Gasteiger charge is -2.11. The molecule has 0 radical (unpaired) electrons. The number of hydrogen-bond donors (Lipinski definition) is 2. The summed E-state index contributed by atoms with van der Waals surface area (Å²) in [5.41, 5.74) is 1.25. The van der Waals surface area contributed by atoms with Crippen molar-refractivity contribution in [3.8, 4) is 0 Å². The summed E-state index contributed by atoms with van der Waals surface area (Å²) >= 11 is 7.63. The highest BCUT2D eigenvalue weighted by Crippen LogP contribution is 2.14. The molecule has 0 bridgehead atoms. The maximum Gasteiger partial charge on any atom is 0.191 e. The van der Waals surface area contributed by atoms with E-state index in [1.165, 1.54) is 10.4 Å². The van der Waals surface area contributed by atoms with Crippen LogP contribution in [-0.4, -0.2) is 24.0 Å². The van der Waals surface area contributed by atoms with Gasteiger partial charge in [-0.25, -0.2) is 9.98 Å². The second kappa shape index (κ2) is 11.7. The van der Waals surface area contributed by atoms with Gasteiger partial charge < -0.3 is 10.6 Å². The lowest BCUT2D eigenvalue weighted by Crippen LogP contribution is -2.38. The summed E-state index contributed by atoms with van der Waals surface area (Å²) in [5, 5.41) is 8.44. The quantitative estimate of drug-likeness (QED) is 0.355. The fourth-order valence-electron chi connectivity index (χ4n) is 2.05. The molecule has 0 fully saturated rings. The van der Waals surface area contributed by atoms with Crippen molar-refractivity contribution in [2.24, 2.45) is 4.99 Å². The molecule has 0 saturated heterocycles. The predicted octanol–water partition coefficient (Wildman–Crippen LogP) is 4.27. The van der Waals surface area contributed by atoms with Gasteiger partial charge in [0.2, 0.25) is 0 Å². The Morgan fingerprint density at radius 1 is 1.21 bits per heavy atom. The summed E-state index contributed by atoms with van der Waals surface area (Å²) in [6.45, 7) is 6.48. The van der Waals surface area contributed by atoms with Gasteiger partial charge in [-0.15, -0.1) is 35.3 Å². The number of halogens is 2. The van der Waals surface area contributed by atoms with Crippen LogP contribution in [0.4, 0.5) is 0 Å². The third kappa shape index (κ3) is 7.36. The van der Waals surface area contributed by atoms with Crippen molar-refractivity contribution in [3.63, 3.8) is 0 Å². The highest BCUT2D eigenvalue weighted by molar-refractivity contribution is 14.0. The van der Waals surface area contributed by atoms with Crippen molar-refractivity contribution < 1.29 is 0 Å². The molecule has 7 heteroatoms. The van der Waals surface area contributed by atoms with Crippen molar-refractivity contribution in [3.05, 3.63) is 50.9 Å². The molecule has 1 heterocycles. The SMILES string of the molecule is CCNC(=NCc1ncc(CC)s1)NCCc1ccc(Cl)cc1.I. The molecule has 0 spiro atoms. The van der Waals surface area contributed by atoms with E-state index in [9.17, 15) is 0 Å². The summed E-state index contributed by atoms with van der Waals surface area (Å²) < 4.78 is 0. The van der Waals surface area contributed by atoms with E-state index in [4.69, 9.17) is 11.6 Å². The predicted molar refractivity (Wildman–Crippen MR) is 115 cm³/mol. The normalized spacial score (nSPS) is 11.0. The fraction of sp³-hybridized carbons (Fsp3) is 0.412. The van der Waals surface area contributed by atoms with E-state index in [2.05, 4.69) is 46.6 Å². The number of nitrogens with one attached hydrogen (secondary N) is 2. The zero-order chi connectivity index (χ0) is 16.5. The van der Waals surface area contributed by atoms with Crippen LogP contribution in [0.3, 0.4) is 0 Å². The molecule has 2 N–H and O–H groups in total. The minimum absolute atomic E-state index is 0. The first kappa shape index (κ1) is 21.2. The number of hydrogen-bond acceptors (Lipinski definition) is 3. The van der Waals surface area contributed by atoms with Crippen molar-refractivity contribution in [1.29, 1.82) is 0 Å². The molecular weight excluding hydrogens is 455 g/mol. The van der Waals surface area contributed by atoms with E-state index in [1.54, 1.807) is 11.3 Å². The molecule has 2 rings (SSSR count). The summed E-state index contributed by atoms with van der Waals surface area (Å²) in [6.07, 6.45) is 3.90. The summed E-state index contributed by atoms with van der Waals surface area (Å²) in [4.78, 5) is 10.3. The van der Waals surface area contributed by atoms with Gasteiger partial charge in [0.15, 0.2) is 5.96 Å². The number of benzene rings is 1. The van der Waals surface area contributed by atoms with Crippen LogP contribution < -0.4 is 10.6 Å². The van der Waals surface area contributed by atoms with Gasteiger partial charge >= 0.3 is 0 Å². The van der Waals surface area contributed by atoms with Gasteiger partial charge in [-0.1, -0.05) is 30.7 Å². The maximum absolute atomic E-state index is 5.90. The number of nitrogens with zero attached hydrogens (tertiary/aromatic N) is 2. The Kier molecular flexibility index (Phi) is 10.3. The third-order valence-corrected chi connectivity index (χ3v) is 4.66. The number of guanidine groups is 1. The monoisotopic (exact) mass is 478 g/mol. The van der Waals surface area contributed by atoms with Crippen LogP contribution in [0.25, 0.3) is 0 Å². The molecule has 2 aromatic rings. The first-order valence-electron chi connectivity index (χ1n) is 7.91. The van der Waals surface area contributed by atoms with Gasteiger partial charge in [-0.2, -0.15) is 0 Å². The van der Waals surface area contributed by atoms with Gasteiger partial charge in [0.05, 0.1) is 6.54 Å². The molecule has 0 atom stereocenters. The van der Waals surface area contributed by atoms with Crippen LogP contribution >= 0.6 is 46.9 Å². The highest BCUT2D eigenvalue weighted by Gasteiger charge is 2.02. The van der Waals surface area contributed by atoms with Crippen LogP contribution in [0.15, 0.2) is 35.5 Å². The summed E-state index contributed by atoms with van der Waals surface area (Å²) in [6, 6.07) is 7.94. The molecule has 0 amide bonds. The first-order chi connectivity index (χ1) is 11.2. The van der Waals surface area contributed by atoms with Crippen LogP contribution in [0.5, 0.6) is 0 Å². The zero-order valence-corrected chi connectivity index (χ0v) is 17.9. The second-order valence-corrected chi connectivity index (χ2v) is 6.71. The van der Waals surface area contributed by atoms with Crippen LogP contribution in [0.2, 0.25) is 5.02 Å². The molecule has 4 nitrogen and oxygen atoms in total. The molecular formula is C17H24ClIN4S. The number of aliphatic imine (C=N–C) groups is 1. The van der Waals surface area contributed by atoms with E-state index in [0.717, 1.165) is 41.9 Å². The van der Waals surface area contributed by atoms with Gasteiger partial charge in [-0.3, -0.25) is 0 Å². The molecule has 0 unspecified atom stereocenters. The van der Waals surface area contributed by atoms with Crippen molar-refractivity contribution in [2.75, 3.05) is 13.1 Å². The third-order valence-electron chi connectivity index (χ3n) is 3.29. The Morgan fingerprint density at radius 3 is 2.58 bits per heavy atom. The highest BCUT2D eigenvalue weighted by atomic mass is 127. The number of thiazole rings is 1. The summed E-state index contributed by atoms with van der Waals surface area (Å²) in [5.74, 6) is 0.828. The second-order valence-electron chi connectivity index (χ2n) is 5.07. The maximum atomic E-state index is 5.90. The molecule has 0 saturated carbocycles. The number of rotatable bonds is 7. The van der Waals surface area contributed by atoms with Gasteiger partial charge in [0.1, 0.15) is 5.01 Å². The van der Waals surface area contributed by atoms with E-state index in [-0.39, 0.29) is 24.0 Å². The summed E-state index contributed by atoms with van der Waals surface area (Å²) in [7, 11) is 0. The lowest BCUT2D eigenvalue weighted by atomic mass is 10.1. The molecule has 1 aromatic heterocycles. The smallest absolute Gasteiger partial charge is 0.191 e. The van der Waals surface area contributed by atoms with Gasteiger partial charge in [0, 0.05) is 29.2 Å². The van der Waals surface area contributed by atoms with E-state index in [0.29, 0.717) is 6.54 Å². The lowest BCUT2D eigenvalue weighted by molar-refractivity contribution is 0.799. The minimum Gasteiger partial charge on any atom is -0.357 e. The van der Waals surface area contributed by atoms with Gasteiger partial charge in [0.25, 0.3) is 0 Å². The van der Waals surface area contributed by atoms with Gasteiger partial charge in [-0.05, 0) is 37.5 Å². The van der Waals surface area contributed by atoms with E-state index in [1.807, 2.05) is 18.3 Å². The van der Waals surface area contributed by atoms with Crippen LogP contribution in [0.1, 0.15) is 29.3 Å². The molecule has 1 aromatic carbocycles. The molecule has 132 valence electrons. The van der Waals surface area contributed by atoms with Crippen molar-refractivity contribution in [2.45, 2.75) is 33.2 Å². The average Bonchev–Trinajstić information content (AvgIpc) is 3.02. The first-order valence-corrected chi connectivity index (χ1v) is 9.11. The molecule has 0 aliphatic heterocycles. The largest absolute Gasteiger partial charge is 0.357 e. The van der Waals surface area contributed by atoms with Crippen LogP contribution in [0, 0.1) is 0 Å². The molecule has 0 aliphatic rings. The van der Waals surface area contributed by atoms with Crippen molar-refractivity contribution >= 4 is 52.9 Å². The number of aryl methyl sites for hydroxylation is 1. The van der Waals surface area contributed by atoms with E-state index < -0.39 is 0 Å². The minimum atomic E-state index is 0. The fourth-order valence-corrected chi connectivity index (χ4v) is 2.96. The Bertz CT molecular complexity index is 628. The molecule has 0 aliphatic carbocycles. The van der Waals surface area contributed by atoms with E-state index >= 15 is 0 Å². The standard InChI is InChI=1S/C17H23ClN4S.HI/c1-3-15-11-21-16(23-15)12-22-17(19-4-2)20-10-9-13-5-7-14(18)8-6-13;/h5-8,11H,3-4,9-10,12H2,1-2H3,(H2,19,20,22);1H. The van der Waals surface area contributed by atoms with Crippen LogP contribution in [-0.2, 0) is 19.4 Å². The van der Waals surface area contributed by atoms with Crippen molar-refractivity contribution in [1.82, 2.24) is 15.6 Å².